The molecule has 1 rings (SSSR count). The van der Waals surface area contributed by atoms with Gasteiger partial charge in [0.15, 0.2) is 0 Å². The average molecular weight is 232 g/mol. The van der Waals surface area contributed by atoms with Crippen molar-refractivity contribution in [2.45, 2.75) is 57.3 Å². The van der Waals surface area contributed by atoms with Gasteiger partial charge in [-0.15, -0.1) is 0 Å². The maximum Gasteiger partial charge on any atom is 0.318 e. The lowest BCUT2D eigenvalue weighted by molar-refractivity contribution is -0.144. The number of rotatable bonds is 4. The van der Waals surface area contributed by atoms with Crippen molar-refractivity contribution >= 4 is 16.8 Å². The molecule has 4 heteroatoms. The van der Waals surface area contributed by atoms with Gasteiger partial charge in [0.2, 0.25) is 0 Å². The van der Waals surface area contributed by atoms with Crippen molar-refractivity contribution in [3.8, 4) is 0 Å². The fraction of sp³-hybridized carbons (Fsp3) is 0.909. The molecule has 1 aliphatic carbocycles. The van der Waals surface area contributed by atoms with E-state index in [9.17, 15) is 9.00 Å². The van der Waals surface area contributed by atoms with Crippen LogP contribution < -0.4 is 0 Å². The highest BCUT2D eigenvalue weighted by molar-refractivity contribution is 7.86. The van der Waals surface area contributed by atoms with Crippen molar-refractivity contribution < 1.29 is 13.7 Å². The maximum atomic E-state index is 11.8. The molecule has 0 spiro atoms. The van der Waals surface area contributed by atoms with E-state index in [-0.39, 0.29) is 23.1 Å². The van der Waals surface area contributed by atoms with E-state index >= 15 is 0 Å². The van der Waals surface area contributed by atoms with E-state index < -0.39 is 10.8 Å². The number of carbonyl (C=O) groups excluding carboxylic acids is 1. The fourth-order valence-corrected chi connectivity index (χ4v) is 3.25. The van der Waals surface area contributed by atoms with Gasteiger partial charge in [0.05, 0.1) is 6.10 Å². The molecule has 0 aromatic heterocycles. The Labute approximate surface area is 94.0 Å². The van der Waals surface area contributed by atoms with Gasteiger partial charge < -0.3 is 4.74 Å². The van der Waals surface area contributed by atoms with Crippen molar-refractivity contribution in [3.05, 3.63) is 0 Å². The summed E-state index contributed by atoms with van der Waals surface area (Å²) in [6.45, 7) is 3.61. The molecule has 0 aromatic rings. The maximum absolute atomic E-state index is 11.8. The van der Waals surface area contributed by atoms with E-state index in [1.807, 2.05) is 0 Å². The summed E-state index contributed by atoms with van der Waals surface area (Å²) in [5.74, 6) is -0.253. The summed E-state index contributed by atoms with van der Waals surface area (Å²) < 4.78 is 16.8. The Hall–Kier alpha value is -0.380. The summed E-state index contributed by atoms with van der Waals surface area (Å²) >= 11 is 0. The van der Waals surface area contributed by atoms with Gasteiger partial charge in [0.25, 0.3) is 0 Å². The number of esters is 1. The van der Waals surface area contributed by atoms with Crippen molar-refractivity contribution in [1.82, 2.24) is 0 Å². The average Bonchev–Trinajstić information content (AvgIpc) is 2.17. The number of hydrogen-bond donors (Lipinski definition) is 0. The molecule has 1 aliphatic rings. The summed E-state index contributed by atoms with van der Waals surface area (Å²) in [7, 11) is -1.03. The predicted octanol–water partition coefficient (Wildman–Crippen LogP) is 2.02. The summed E-state index contributed by atoms with van der Waals surface area (Å²) in [4.78, 5) is 11.3. The Bertz CT molecular complexity index is 232. The van der Waals surface area contributed by atoms with Crippen molar-refractivity contribution in [2.75, 3.05) is 5.75 Å². The molecular formula is C11H20O3S. The molecule has 0 bridgehead atoms. The molecule has 0 saturated heterocycles. The van der Waals surface area contributed by atoms with E-state index in [0.29, 0.717) is 0 Å². The predicted molar refractivity (Wildman–Crippen MR) is 61.1 cm³/mol. The summed E-state index contributed by atoms with van der Waals surface area (Å²) in [5, 5.41) is 0.221. The smallest absolute Gasteiger partial charge is 0.318 e. The van der Waals surface area contributed by atoms with Gasteiger partial charge in [0.1, 0.15) is 5.75 Å². The van der Waals surface area contributed by atoms with Crippen LogP contribution in [0.3, 0.4) is 0 Å². The van der Waals surface area contributed by atoms with Crippen LogP contribution in [0.15, 0.2) is 0 Å². The molecular weight excluding hydrogens is 212 g/mol. The zero-order chi connectivity index (χ0) is 11.3. The third kappa shape index (κ3) is 4.78. The first-order valence-corrected chi connectivity index (χ1v) is 7.04. The highest BCUT2D eigenvalue weighted by Crippen LogP contribution is 2.22. The van der Waals surface area contributed by atoms with Crippen LogP contribution >= 0.6 is 0 Å². The third-order valence-electron chi connectivity index (χ3n) is 2.55. The lowest BCUT2D eigenvalue weighted by atomic mass is 10.0. The highest BCUT2D eigenvalue weighted by Gasteiger charge is 2.22. The van der Waals surface area contributed by atoms with Crippen LogP contribution in [0.1, 0.15) is 46.0 Å². The minimum Gasteiger partial charge on any atom is -0.462 e. The van der Waals surface area contributed by atoms with Crippen LogP contribution in [0.2, 0.25) is 0 Å². The summed E-state index contributed by atoms with van der Waals surface area (Å²) in [6.07, 6.45) is 5.43. The molecule has 1 fully saturated rings. The molecule has 1 saturated carbocycles. The second-order valence-electron chi connectivity index (χ2n) is 4.32. The molecule has 1 unspecified atom stereocenters. The Balaban J connectivity index is 2.30. The normalized spacial score (nSPS) is 20.2. The van der Waals surface area contributed by atoms with Crippen molar-refractivity contribution in [1.29, 1.82) is 0 Å². The second kappa shape index (κ2) is 6.26. The second-order valence-corrected chi connectivity index (χ2v) is 6.04. The van der Waals surface area contributed by atoms with Gasteiger partial charge >= 0.3 is 5.97 Å². The SMILES string of the molecule is CC(C)OC(=O)CS(=O)C1CCCCC1. The van der Waals surface area contributed by atoms with Gasteiger partial charge in [-0.1, -0.05) is 19.3 Å². The van der Waals surface area contributed by atoms with Crippen molar-refractivity contribution in [3.63, 3.8) is 0 Å². The third-order valence-corrected chi connectivity index (χ3v) is 4.29. The molecule has 0 aliphatic heterocycles. The van der Waals surface area contributed by atoms with Crippen LogP contribution in [0.4, 0.5) is 0 Å². The molecule has 88 valence electrons. The number of hydrogen-bond acceptors (Lipinski definition) is 3. The van der Waals surface area contributed by atoms with Crippen molar-refractivity contribution in [2.24, 2.45) is 0 Å². The van der Waals surface area contributed by atoms with E-state index in [1.165, 1.54) is 6.42 Å². The quantitative estimate of drug-likeness (QED) is 0.696. The molecule has 15 heavy (non-hydrogen) atoms. The zero-order valence-electron chi connectivity index (χ0n) is 9.53. The fourth-order valence-electron chi connectivity index (χ4n) is 1.86. The van der Waals surface area contributed by atoms with E-state index in [0.717, 1.165) is 25.7 Å². The Morgan fingerprint density at radius 2 is 1.93 bits per heavy atom. The minimum absolute atomic E-state index is 0.0723. The lowest BCUT2D eigenvalue weighted by Crippen LogP contribution is -2.26. The van der Waals surface area contributed by atoms with Gasteiger partial charge in [-0.25, -0.2) is 0 Å². The number of ether oxygens (including phenoxy) is 1. The van der Waals surface area contributed by atoms with Crippen LogP contribution in [0.25, 0.3) is 0 Å². The molecule has 0 amide bonds. The molecule has 0 radical (unpaired) electrons. The molecule has 0 aromatic carbocycles. The lowest BCUT2D eigenvalue weighted by Gasteiger charge is -2.20. The van der Waals surface area contributed by atoms with E-state index in [1.54, 1.807) is 13.8 Å². The van der Waals surface area contributed by atoms with Crippen LogP contribution in [-0.2, 0) is 20.3 Å². The van der Waals surface area contributed by atoms with Gasteiger partial charge in [-0.3, -0.25) is 9.00 Å². The van der Waals surface area contributed by atoms with Crippen LogP contribution in [-0.4, -0.2) is 27.3 Å². The molecule has 0 N–H and O–H groups in total. The van der Waals surface area contributed by atoms with Gasteiger partial charge in [0, 0.05) is 16.0 Å². The van der Waals surface area contributed by atoms with E-state index in [2.05, 4.69) is 0 Å². The first kappa shape index (κ1) is 12.7. The first-order chi connectivity index (χ1) is 7.09. The topological polar surface area (TPSA) is 43.4 Å². The monoisotopic (exact) mass is 232 g/mol. The van der Waals surface area contributed by atoms with Gasteiger partial charge in [-0.2, -0.15) is 0 Å². The number of carbonyl (C=O) groups is 1. The Kier molecular flexibility index (Phi) is 5.29. The highest BCUT2D eigenvalue weighted by atomic mass is 32.2. The molecule has 3 nitrogen and oxygen atoms in total. The molecule has 0 heterocycles. The first-order valence-electron chi connectivity index (χ1n) is 5.66. The van der Waals surface area contributed by atoms with Gasteiger partial charge in [-0.05, 0) is 26.7 Å². The van der Waals surface area contributed by atoms with Crippen LogP contribution in [0, 0.1) is 0 Å². The minimum atomic E-state index is -1.03. The Morgan fingerprint density at radius 1 is 1.33 bits per heavy atom. The van der Waals surface area contributed by atoms with Crippen LogP contribution in [0.5, 0.6) is 0 Å². The zero-order valence-corrected chi connectivity index (χ0v) is 10.3. The summed E-state index contributed by atoms with van der Waals surface area (Å²) in [5.41, 5.74) is 0. The largest absolute Gasteiger partial charge is 0.462 e. The Morgan fingerprint density at radius 3 is 2.47 bits per heavy atom. The summed E-state index contributed by atoms with van der Waals surface area (Å²) in [6, 6.07) is 0. The van der Waals surface area contributed by atoms with E-state index in [4.69, 9.17) is 4.74 Å². The molecule has 1 atom stereocenters. The standard InChI is InChI=1S/C11H20O3S/c1-9(2)14-11(12)8-15(13)10-6-4-3-5-7-10/h9-10H,3-8H2,1-2H3.